The summed E-state index contributed by atoms with van der Waals surface area (Å²) in [4.78, 5) is 16.6. The zero-order valence-corrected chi connectivity index (χ0v) is 18.9. The molecule has 0 unspecified atom stereocenters. The molecule has 0 atom stereocenters. The first kappa shape index (κ1) is 21.4. The number of anilines is 2. The first-order valence-corrected chi connectivity index (χ1v) is 11.8. The Morgan fingerprint density at radius 2 is 1.73 bits per heavy atom. The maximum atomic E-state index is 6.31. The number of nitrogen functional groups attached to an aromatic ring is 1. The van der Waals surface area contributed by atoms with Crippen molar-refractivity contribution in [3.8, 4) is 5.95 Å². The zero-order valence-electron chi connectivity index (χ0n) is 18.9. The number of imidazole rings is 1. The average molecular weight is 446 g/mol. The second-order valence-electron chi connectivity index (χ2n) is 8.57. The van der Waals surface area contributed by atoms with E-state index in [-0.39, 0.29) is 0 Å². The number of nitrogens with two attached hydrogens (primary N) is 1. The van der Waals surface area contributed by atoms with Crippen molar-refractivity contribution in [1.29, 1.82) is 0 Å². The number of benzene rings is 1. The van der Waals surface area contributed by atoms with Crippen LogP contribution < -0.4 is 11.1 Å². The molecule has 33 heavy (non-hydrogen) atoms. The van der Waals surface area contributed by atoms with Crippen molar-refractivity contribution in [3.63, 3.8) is 0 Å². The second-order valence-corrected chi connectivity index (χ2v) is 8.57. The highest BCUT2D eigenvalue weighted by Gasteiger charge is 2.18. The van der Waals surface area contributed by atoms with Crippen LogP contribution in [0.3, 0.4) is 0 Å². The summed E-state index contributed by atoms with van der Waals surface area (Å²) in [6.07, 6.45) is 9.83. The van der Waals surface area contributed by atoms with E-state index >= 15 is 0 Å². The molecule has 3 N–H and O–H groups in total. The first-order valence-electron chi connectivity index (χ1n) is 11.8. The molecule has 0 saturated carbocycles. The molecule has 0 bridgehead atoms. The Labute approximate surface area is 193 Å². The minimum atomic E-state index is 0.371. The lowest BCUT2D eigenvalue weighted by Crippen LogP contribution is -2.30. The highest BCUT2D eigenvalue weighted by Crippen LogP contribution is 2.23. The van der Waals surface area contributed by atoms with Gasteiger partial charge in [-0.2, -0.15) is 15.1 Å². The lowest BCUT2D eigenvalue weighted by atomic mass is 10.1. The van der Waals surface area contributed by atoms with Gasteiger partial charge in [0.05, 0.1) is 0 Å². The molecule has 1 aliphatic heterocycles. The number of nitrogens with one attached hydrogen (secondary N) is 1. The summed E-state index contributed by atoms with van der Waals surface area (Å²) in [5.41, 5.74) is 8.82. The molecule has 0 radical (unpaired) electrons. The Morgan fingerprint density at radius 3 is 2.52 bits per heavy atom. The van der Waals surface area contributed by atoms with Crippen molar-refractivity contribution < 1.29 is 0 Å². The van der Waals surface area contributed by atoms with Crippen molar-refractivity contribution >= 4 is 22.9 Å². The largest absolute Gasteiger partial charge is 0.382 e. The third kappa shape index (κ3) is 4.98. The standard InChI is InChI=1S/C24H31N9/c25-21-20-22(30-23(29-21)26-18-19-10-3-1-4-11-19)32(24(28-20)33-17-9-12-27-33)16-8-7-15-31-13-5-2-6-14-31/h1,3-4,9-12,17H,2,5-8,13-16,18H2,(H3,25,26,29,30). The first-order chi connectivity index (χ1) is 16.3. The topological polar surface area (TPSA) is 103 Å². The molecule has 4 heterocycles. The summed E-state index contributed by atoms with van der Waals surface area (Å²) in [6.45, 7) is 5.03. The molecule has 172 valence electrons. The van der Waals surface area contributed by atoms with Gasteiger partial charge in [-0.25, -0.2) is 9.67 Å². The molecular weight excluding hydrogens is 414 g/mol. The van der Waals surface area contributed by atoms with Crippen molar-refractivity contribution in [2.45, 2.75) is 45.2 Å². The van der Waals surface area contributed by atoms with Gasteiger partial charge in [0, 0.05) is 25.5 Å². The third-order valence-electron chi connectivity index (χ3n) is 6.16. The summed E-state index contributed by atoms with van der Waals surface area (Å²) < 4.78 is 3.88. The average Bonchev–Trinajstić information content (AvgIpc) is 3.50. The molecule has 1 aliphatic rings. The number of aromatic nitrogens is 6. The molecule has 4 aromatic rings. The number of likely N-dealkylation sites (tertiary alicyclic amines) is 1. The Morgan fingerprint density at radius 1 is 0.909 bits per heavy atom. The van der Waals surface area contributed by atoms with Crippen LogP contribution in [0.1, 0.15) is 37.7 Å². The number of nitrogens with zero attached hydrogens (tertiary/aromatic N) is 7. The van der Waals surface area contributed by atoms with Gasteiger partial charge in [0.1, 0.15) is 0 Å². The smallest absolute Gasteiger partial charge is 0.233 e. The molecule has 0 aliphatic carbocycles. The highest BCUT2D eigenvalue weighted by atomic mass is 15.4. The summed E-state index contributed by atoms with van der Waals surface area (Å²) in [7, 11) is 0. The maximum absolute atomic E-state index is 6.31. The van der Waals surface area contributed by atoms with E-state index in [1.54, 1.807) is 10.9 Å². The monoisotopic (exact) mass is 445 g/mol. The molecule has 1 aromatic carbocycles. The van der Waals surface area contributed by atoms with E-state index in [1.807, 2.05) is 30.5 Å². The van der Waals surface area contributed by atoms with Crippen molar-refractivity contribution in [2.75, 3.05) is 30.7 Å². The summed E-state index contributed by atoms with van der Waals surface area (Å²) in [5, 5.41) is 7.70. The fourth-order valence-electron chi connectivity index (χ4n) is 4.42. The van der Waals surface area contributed by atoms with Gasteiger partial charge in [0.15, 0.2) is 17.0 Å². The van der Waals surface area contributed by atoms with E-state index in [0.717, 1.165) is 37.1 Å². The predicted molar refractivity (Wildman–Crippen MR) is 130 cm³/mol. The Kier molecular flexibility index (Phi) is 6.48. The fourth-order valence-corrected chi connectivity index (χ4v) is 4.42. The van der Waals surface area contributed by atoms with Gasteiger partial charge in [-0.1, -0.05) is 36.8 Å². The third-order valence-corrected chi connectivity index (χ3v) is 6.16. The number of hydrogen-bond acceptors (Lipinski definition) is 7. The van der Waals surface area contributed by atoms with Crippen LogP contribution in [-0.4, -0.2) is 53.8 Å². The molecule has 1 fully saturated rings. The normalized spacial score (nSPS) is 14.7. The quantitative estimate of drug-likeness (QED) is 0.380. The number of aryl methyl sites for hydroxylation is 1. The summed E-state index contributed by atoms with van der Waals surface area (Å²) in [5.74, 6) is 1.59. The fraction of sp³-hybridized carbons (Fsp3) is 0.417. The van der Waals surface area contributed by atoms with Gasteiger partial charge >= 0.3 is 0 Å². The molecule has 5 rings (SSSR count). The summed E-state index contributed by atoms with van der Waals surface area (Å²) >= 11 is 0. The SMILES string of the molecule is Nc1nc(NCc2ccccc2)nc2c1nc(-n1cccn1)n2CCCCN1CCCCC1. The van der Waals surface area contributed by atoms with Gasteiger partial charge in [-0.15, -0.1) is 0 Å². The number of fused-ring (bicyclic) bond motifs is 1. The lowest BCUT2D eigenvalue weighted by Gasteiger charge is -2.26. The van der Waals surface area contributed by atoms with E-state index < -0.39 is 0 Å². The van der Waals surface area contributed by atoms with Crippen LogP contribution in [-0.2, 0) is 13.1 Å². The van der Waals surface area contributed by atoms with Crippen LogP contribution in [0.15, 0.2) is 48.8 Å². The van der Waals surface area contributed by atoms with Crippen LogP contribution in [0.2, 0.25) is 0 Å². The van der Waals surface area contributed by atoms with Crippen molar-refractivity contribution in [2.24, 2.45) is 0 Å². The number of unbranched alkanes of at least 4 members (excludes halogenated alkanes) is 1. The second kappa shape index (κ2) is 9.99. The Bertz CT molecular complexity index is 1160. The molecule has 0 amide bonds. The Balaban J connectivity index is 1.37. The van der Waals surface area contributed by atoms with E-state index in [2.05, 4.69) is 37.0 Å². The van der Waals surface area contributed by atoms with E-state index in [0.29, 0.717) is 29.8 Å². The lowest BCUT2D eigenvalue weighted by molar-refractivity contribution is 0.223. The minimum absolute atomic E-state index is 0.371. The van der Waals surface area contributed by atoms with Crippen LogP contribution >= 0.6 is 0 Å². The summed E-state index contributed by atoms with van der Waals surface area (Å²) in [6, 6.07) is 12.1. The van der Waals surface area contributed by atoms with Gasteiger partial charge in [0.25, 0.3) is 0 Å². The molecule has 3 aromatic heterocycles. The van der Waals surface area contributed by atoms with Gasteiger partial charge < -0.3 is 16.0 Å². The van der Waals surface area contributed by atoms with Crippen LogP contribution in [0, 0.1) is 0 Å². The molecule has 1 saturated heterocycles. The van der Waals surface area contributed by atoms with Crippen molar-refractivity contribution in [1.82, 2.24) is 34.2 Å². The maximum Gasteiger partial charge on any atom is 0.233 e. The molecule has 9 heteroatoms. The minimum Gasteiger partial charge on any atom is -0.382 e. The van der Waals surface area contributed by atoms with Crippen LogP contribution in [0.5, 0.6) is 0 Å². The van der Waals surface area contributed by atoms with E-state index in [9.17, 15) is 0 Å². The number of piperidine rings is 1. The highest BCUT2D eigenvalue weighted by molar-refractivity contribution is 5.84. The van der Waals surface area contributed by atoms with Crippen LogP contribution in [0.25, 0.3) is 17.1 Å². The molecule has 9 nitrogen and oxygen atoms in total. The van der Waals surface area contributed by atoms with Crippen molar-refractivity contribution in [3.05, 3.63) is 54.4 Å². The van der Waals surface area contributed by atoms with Crippen LogP contribution in [0.4, 0.5) is 11.8 Å². The Hall–Kier alpha value is -3.46. The van der Waals surface area contributed by atoms with Gasteiger partial charge in [-0.3, -0.25) is 4.57 Å². The van der Waals surface area contributed by atoms with Gasteiger partial charge in [0.2, 0.25) is 11.9 Å². The number of rotatable bonds is 9. The zero-order chi connectivity index (χ0) is 22.5. The van der Waals surface area contributed by atoms with E-state index in [4.69, 9.17) is 15.7 Å². The predicted octanol–water partition coefficient (Wildman–Crippen LogP) is 3.47. The van der Waals surface area contributed by atoms with E-state index in [1.165, 1.54) is 32.4 Å². The van der Waals surface area contributed by atoms with Gasteiger partial charge in [-0.05, 0) is 56.9 Å². The number of hydrogen-bond donors (Lipinski definition) is 2. The molecular formula is C24H31N9. The molecule has 0 spiro atoms.